The van der Waals surface area contributed by atoms with E-state index in [1.165, 1.54) is 23.0 Å². The van der Waals surface area contributed by atoms with E-state index in [0.29, 0.717) is 21.8 Å². The zero-order chi connectivity index (χ0) is 25.2. The standard InChI is InChI=1S/C29H30ClF2N3S/c1-18(28-27(30)26-24(31)10-11-25(32)29(26)36-28)35(23-8-6-22(33-2)7-9-23)17-19-4-3-5-21(16-19)20-12-14-34-15-13-20/h3-5,10-16,18,22-23,33H,6-9,17H2,1-2H3. The molecule has 2 heterocycles. The molecule has 0 bridgehead atoms. The Morgan fingerprint density at radius 2 is 1.75 bits per heavy atom. The van der Waals surface area contributed by atoms with E-state index in [0.717, 1.165) is 54.3 Å². The van der Waals surface area contributed by atoms with Gasteiger partial charge in [-0.15, -0.1) is 11.3 Å². The summed E-state index contributed by atoms with van der Waals surface area (Å²) in [6.07, 6.45) is 7.93. The summed E-state index contributed by atoms with van der Waals surface area (Å²) >= 11 is 8.00. The number of nitrogens with zero attached hydrogens (tertiary/aromatic N) is 2. The quantitative estimate of drug-likeness (QED) is 0.265. The molecule has 0 radical (unpaired) electrons. The van der Waals surface area contributed by atoms with Gasteiger partial charge in [0, 0.05) is 41.9 Å². The molecule has 1 atom stereocenters. The van der Waals surface area contributed by atoms with Crippen LogP contribution in [-0.4, -0.2) is 29.0 Å². The van der Waals surface area contributed by atoms with Gasteiger partial charge in [-0.25, -0.2) is 8.78 Å². The first-order valence-corrected chi connectivity index (χ1v) is 13.6. The first-order chi connectivity index (χ1) is 17.5. The Bertz CT molecular complexity index is 1340. The summed E-state index contributed by atoms with van der Waals surface area (Å²) in [4.78, 5) is 7.43. The summed E-state index contributed by atoms with van der Waals surface area (Å²) in [5, 5.41) is 3.94. The molecule has 0 saturated heterocycles. The van der Waals surface area contributed by atoms with Gasteiger partial charge in [-0.2, -0.15) is 0 Å². The lowest BCUT2D eigenvalue weighted by Crippen LogP contribution is -2.42. The van der Waals surface area contributed by atoms with Gasteiger partial charge in [0.2, 0.25) is 0 Å². The Morgan fingerprint density at radius 1 is 1.03 bits per heavy atom. The highest BCUT2D eigenvalue weighted by Gasteiger charge is 2.32. The molecule has 188 valence electrons. The van der Waals surface area contributed by atoms with E-state index in [9.17, 15) is 8.78 Å². The summed E-state index contributed by atoms with van der Waals surface area (Å²) in [7, 11) is 2.02. The largest absolute Gasteiger partial charge is 0.317 e. The molecule has 1 aliphatic rings. The lowest BCUT2D eigenvalue weighted by Gasteiger charge is -2.40. The average molecular weight is 526 g/mol. The molecule has 36 heavy (non-hydrogen) atoms. The van der Waals surface area contributed by atoms with Crippen molar-refractivity contribution < 1.29 is 8.78 Å². The fraction of sp³-hybridized carbons (Fsp3) is 0.345. The predicted octanol–water partition coefficient (Wildman–Crippen LogP) is 7.99. The van der Waals surface area contributed by atoms with Gasteiger partial charge in [0.05, 0.1) is 15.1 Å². The third-order valence-electron chi connectivity index (χ3n) is 7.46. The van der Waals surface area contributed by atoms with Crippen LogP contribution in [0.4, 0.5) is 8.78 Å². The number of aromatic nitrogens is 1. The number of nitrogens with one attached hydrogen (secondary N) is 1. The van der Waals surface area contributed by atoms with Crippen LogP contribution < -0.4 is 5.32 Å². The van der Waals surface area contributed by atoms with Crippen molar-refractivity contribution in [3.05, 3.63) is 88.0 Å². The molecule has 0 aliphatic heterocycles. The van der Waals surface area contributed by atoms with E-state index in [4.69, 9.17) is 11.6 Å². The van der Waals surface area contributed by atoms with Gasteiger partial charge in [-0.05, 0) is 86.7 Å². The van der Waals surface area contributed by atoms with Gasteiger partial charge >= 0.3 is 0 Å². The van der Waals surface area contributed by atoms with Crippen molar-refractivity contribution in [3.8, 4) is 11.1 Å². The van der Waals surface area contributed by atoms with E-state index in [2.05, 4.69) is 46.4 Å². The Balaban J connectivity index is 1.50. The van der Waals surface area contributed by atoms with Crippen molar-refractivity contribution in [3.63, 3.8) is 0 Å². The zero-order valence-electron chi connectivity index (χ0n) is 20.5. The molecule has 0 amide bonds. The predicted molar refractivity (Wildman–Crippen MR) is 145 cm³/mol. The molecule has 5 rings (SSSR count). The van der Waals surface area contributed by atoms with Crippen molar-refractivity contribution >= 4 is 33.0 Å². The maximum atomic E-state index is 14.6. The van der Waals surface area contributed by atoms with Crippen molar-refractivity contribution in [1.29, 1.82) is 0 Å². The first kappa shape index (κ1) is 25.3. The molecule has 2 aromatic carbocycles. The normalized spacial score (nSPS) is 19.2. The fourth-order valence-electron chi connectivity index (χ4n) is 5.42. The van der Waals surface area contributed by atoms with E-state index in [1.54, 1.807) is 12.4 Å². The number of hydrogen-bond acceptors (Lipinski definition) is 4. The minimum atomic E-state index is -0.475. The first-order valence-electron chi connectivity index (χ1n) is 12.4. The maximum absolute atomic E-state index is 14.6. The number of pyridine rings is 1. The Morgan fingerprint density at radius 3 is 2.44 bits per heavy atom. The van der Waals surface area contributed by atoms with Crippen molar-refractivity contribution in [1.82, 2.24) is 15.2 Å². The van der Waals surface area contributed by atoms with Crippen LogP contribution >= 0.6 is 22.9 Å². The number of benzene rings is 2. The van der Waals surface area contributed by atoms with E-state index in [-0.39, 0.29) is 11.4 Å². The van der Waals surface area contributed by atoms with Crippen LogP contribution in [0, 0.1) is 11.6 Å². The molecule has 7 heteroatoms. The molecule has 0 spiro atoms. The van der Waals surface area contributed by atoms with E-state index >= 15 is 0 Å². The molecule has 1 aliphatic carbocycles. The second kappa shape index (κ2) is 10.9. The van der Waals surface area contributed by atoms with Crippen LogP contribution in [0.1, 0.15) is 49.1 Å². The maximum Gasteiger partial charge on any atom is 0.141 e. The van der Waals surface area contributed by atoms with Crippen molar-refractivity contribution in [2.24, 2.45) is 0 Å². The number of thiophene rings is 1. The molecule has 4 aromatic rings. The van der Waals surface area contributed by atoms with E-state index < -0.39 is 11.6 Å². The Labute approximate surface area is 220 Å². The summed E-state index contributed by atoms with van der Waals surface area (Å²) in [5.41, 5.74) is 3.46. The molecule has 2 aromatic heterocycles. The highest BCUT2D eigenvalue weighted by molar-refractivity contribution is 7.20. The van der Waals surface area contributed by atoms with Gasteiger partial charge in [-0.1, -0.05) is 29.8 Å². The highest BCUT2D eigenvalue weighted by atomic mass is 35.5. The molecular formula is C29H30ClF2N3S. The minimum Gasteiger partial charge on any atom is -0.317 e. The fourth-order valence-corrected chi connectivity index (χ4v) is 7.12. The van der Waals surface area contributed by atoms with Gasteiger partial charge in [0.25, 0.3) is 0 Å². The SMILES string of the molecule is CNC1CCC(N(Cc2cccc(-c3ccncc3)c2)C(C)c2sc3c(F)ccc(F)c3c2Cl)CC1. The molecule has 3 nitrogen and oxygen atoms in total. The third-order valence-corrected chi connectivity index (χ3v) is 9.34. The summed E-state index contributed by atoms with van der Waals surface area (Å²) in [5.74, 6) is -0.903. The van der Waals surface area contributed by atoms with E-state index in [1.807, 2.05) is 19.2 Å². The highest BCUT2D eigenvalue weighted by Crippen LogP contribution is 2.44. The van der Waals surface area contributed by atoms with Gasteiger partial charge in [0.1, 0.15) is 11.6 Å². The van der Waals surface area contributed by atoms with Crippen molar-refractivity contribution in [2.75, 3.05) is 7.05 Å². The van der Waals surface area contributed by atoms with Crippen LogP contribution in [0.25, 0.3) is 21.2 Å². The molecule has 1 N–H and O–H groups in total. The molecule has 1 fully saturated rings. The zero-order valence-corrected chi connectivity index (χ0v) is 22.1. The van der Waals surface area contributed by atoms with Crippen LogP contribution in [-0.2, 0) is 6.54 Å². The summed E-state index contributed by atoms with van der Waals surface area (Å²) in [6, 6.07) is 15.7. The van der Waals surface area contributed by atoms with Crippen LogP contribution in [0.2, 0.25) is 5.02 Å². The second-order valence-corrected chi connectivity index (χ2v) is 11.0. The van der Waals surface area contributed by atoms with Crippen LogP contribution in [0.3, 0.4) is 0 Å². The van der Waals surface area contributed by atoms with Crippen LogP contribution in [0.15, 0.2) is 60.9 Å². The smallest absolute Gasteiger partial charge is 0.141 e. The number of fused-ring (bicyclic) bond motifs is 1. The molecule has 1 unspecified atom stereocenters. The van der Waals surface area contributed by atoms with Gasteiger partial charge in [-0.3, -0.25) is 9.88 Å². The lowest BCUT2D eigenvalue weighted by molar-refractivity contribution is 0.0977. The van der Waals surface area contributed by atoms with Gasteiger partial charge < -0.3 is 5.32 Å². The summed E-state index contributed by atoms with van der Waals surface area (Å²) < 4.78 is 29.5. The average Bonchev–Trinajstić information content (AvgIpc) is 3.28. The topological polar surface area (TPSA) is 28.2 Å². The minimum absolute atomic E-state index is 0.0885. The molecule has 1 saturated carbocycles. The Kier molecular flexibility index (Phi) is 7.68. The number of halogens is 3. The molecular weight excluding hydrogens is 496 g/mol. The monoisotopic (exact) mass is 525 g/mol. The van der Waals surface area contributed by atoms with Crippen LogP contribution in [0.5, 0.6) is 0 Å². The number of hydrogen-bond donors (Lipinski definition) is 1. The third kappa shape index (κ3) is 5.05. The Hall–Kier alpha value is -2.38. The summed E-state index contributed by atoms with van der Waals surface area (Å²) in [6.45, 7) is 2.84. The second-order valence-electron chi connectivity index (χ2n) is 9.59. The van der Waals surface area contributed by atoms with Crippen molar-refractivity contribution in [2.45, 2.75) is 57.3 Å². The lowest BCUT2D eigenvalue weighted by atomic mass is 9.89. The number of rotatable bonds is 7. The van der Waals surface area contributed by atoms with Gasteiger partial charge in [0.15, 0.2) is 0 Å².